The average Bonchev–Trinajstić information content (AvgIpc) is 3.06. The minimum atomic E-state index is 0.228. The van der Waals surface area contributed by atoms with Gasteiger partial charge in [0.2, 0.25) is 0 Å². The van der Waals surface area contributed by atoms with E-state index in [4.69, 9.17) is 9.47 Å². The lowest BCUT2D eigenvalue weighted by Crippen LogP contribution is -2.46. The monoisotopic (exact) mass is 441 g/mol. The molecule has 1 aliphatic heterocycles. The molecule has 0 bridgehead atoms. The minimum absolute atomic E-state index is 0.228. The third-order valence-electron chi connectivity index (χ3n) is 6.47. The van der Waals surface area contributed by atoms with Crippen molar-refractivity contribution in [2.45, 2.75) is 65.6 Å². The van der Waals surface area contributed by atoms with Gasteiger partial charge in [-0.2, -0.15) is 0 Å². The number of aryl methyl sites for hydroxylation is 2. The Kier molecular flexibility index (Phi) is 8.38. The number of carbonyl (C=O) groups excluding carboxylic acids is 1. The van der Waals surface area contributed by atoms with Gasteiger partial charge in [-0.05, 0) is 56.9 Å². The van der Waals surface area contributed by atoms with E-state index < -0.39 is 0 Å². The van der Waals surface area contributed by atoms with Crippen LogP contribution in [-0.4, -0.2) is 61.2 Å². The number of ether oxygens (including phenoxy) is 2. The van der Waals surface area contributed by atoms with Gasteiger partial charge in [-0.25, -0.2) is 0 Å². The molecule has 0 saturated carbocycles. The van der Waals surface area contributed by atoms with E-state index in [0.29, 0.717) is 18.6 Å². The van der Waals surface area contributed by atoms with Crippen LogP contribution < -0.4 is 14.8 Å². The zero-order valence-corrected chi connectivity index (χ0v) is 20.5. The molecular weight excluding hydrogens is 402 g/mol. The van der Waals surface area contributed by atoms with E-state index in [1.165, 1.54) is 5.56 Å². The first-order valence-corrected chi connectivity index (χ1v) is 11.7. The first-order chi connectivity index (χ1) is 15.3. The molecule has 0 aliphatic carbocycles. The van der Waals surface area contributed by atoms with Crippen LogP contribution in [0, 0.1) is 13.8 Å². The van der Waals surface area contributed by atoms with E-state index in [9.17, 15) is 4.79 Å². The Labute approximate surface area is 192 Å². The summed E-state index contributed by atoms with van der Waals surface area (Å²) in [6.07, 6.45) is 3.08. The van der Waals surface area contributed by atoms with E-state index in [1.807, 2.05) is 12.1 Å². The zero-order valence-electron chi connectivity index (χ0n) is 20.5. The SMILES string of the molecule is COc1ccc(CCn2c(C)cc(C(=O)CN3CCC(NC(C)C)CC3)c2C)cc1OC. The summed E-state index contributed by atoms with van der Waals surface area (Å²) in [7, 11) is 3.30. The Bertz CT molecular complexity index is 911. The van der Waals surface area contributed by atoms with Gasteiger partial charge >= 0.3 is 0 Å². The predicted molar refractivity (Wildman–Crippen MR) is 129 cm³/mol. The highest BCUT2D eigenvalue weighted by Crippen LogP contribution is 2.28. The number of rotatable bonds is 10. The molecule has 6 heteroatoms. The molecule has 0 atom stereocenters. The largest absolute Gasteiger partial charge is 0.493 e. The second kappa shape index (κ2) is 11.0. The van der Waals surface area contributed by atoms with Crippen molar-refractivity contribution in [3.05, 3.63) is 46.8 Å². The smallest absolute Gasteiger partial charge is 0.178 e. The fourth-order valence-corrected chi connectivity index (χ4v) is 4.72. The Hall–Kier alpha value is -2.31. The van der Waals surface area contributed by atoms with Gasteiger partial charge < -0.3 is 19.4 Å². The lowest BCUT2D eigenvalue weighted by atomic mass is 10.0. The second-order valence-corrected chi connectivity index (χ2v) is 9.17. The molecule has 1 N–H and O–H groups in total. The van der Waals surface area contributed by atoms with Crippen LogP contribution in [0.5, 0.6) is 11.5 Å². The zero-order chi connectivity index (χ0) is 23.3. The number of benzene rings is 1. The summed E-state index contributed by atoms with van der Waals surface area (Å²) in [5, 5.41) is 3.62. The molecule has 32 heavy (non-hydrogen) atoms. The number of likely N-dealkylation sites (tertiary alicyclic amines) is 1. The molecule has 6 nitrogen and oxygen atoms in total. The van der Waals surface area contributed by atoms with E-state index in [-0.39, 0.29) is 5.78 Å². The van der Waals surface area contributed by atoms with Gasteiger partial charge in [0.1, 0.15) is 0 Å². The van der Waals surface area contributed by atoms with Crippen molar-refractivity contribution in [3.63, 3.8) is 0 Å². The molecule has 1 fully saturated rings. The van der Waals surface area contributed by atoms with Crippen molar-refractivity contribution < 1.29 is 14.3 Å². The lowest BCUT2D eigenvalue weighted by Gasteiger charge is -2.33. The standard InChI is InChI=1S/C26H39N3O3/c1-18(2)27-22-10-12-28(13-11-22)17-24(30)23-15-19(3)29(20(23)4)14-9-21-7-8-25(31-5)26(16-21)32-6/h7-8,15-16,18,22,27H,9-14,17H2,1-6H3. The summed E-state index contributed by atoms with van der Waals surface area (Å²) in [5.74, 6) is 1.71. The molecular formula is C26H39N3O3. The number of carbonyl (C=O) groups is 1. The van der Waals surface area contributed by atoms with Crippen LogP contribution in [0.25, 0.3) is 0 Å². The van der Waals surface area contributed by atoms with Crippen LogP contribution in [0.1, 0.15) is 54.0 Å². The van der Waals surface area contributed by atoms with Crippen molar-refractivity contribution in [1.82, 2.24) is 14.8 Å². The van der Waals surface area contributed by atoms with Crippen LogP contribution in [0.3, 0.4) is 0 Å². The summed E-state index contributed by atoms with van der Waals surface area (Å²) in [6, 6.07) is 9.18. The molecule has 2 aromatic rings. The molecule has 1 aromatic heterocycles. The quantitative estimate of drug-likeness (QED) is 0.565. The summed E-state index contributed by atoms with van der Waals surface area (Å²) in [5.41, 5.74) is 4.23. The van der Waals surface area contributed by atoms with E-state index in [0.717, 1.165) is 67.3 Å². The molecule has 3 rings (SSSR count). The molecule has 0 unspecified atom stereocenters. The van der Waals surface area contributed by atoms with E-state index >= 15 is 0 Å². The second-order valence-electron chi connectivity index (χ2n) is 9.17. The third-order valence-corrected chi connectivity index (χ3v) is 6.47. The first kappa shape index (κ1) is 24.3. The number of Topliss-reactive ketones (excluding diaryl/α,β-unsaturated/α-hetero) is 1. The molecule has 0 radical (unpaired) electrons. The summed E-state index contributed by atoms with van der Waals surface area (Å²) >= 11 is 0. The minimum Gasteiger partial charge on any atom is -0.493 e. The maximum atomic E-state index is 13.1. The summed E-state index contributed by atoms with van der Waals surface area (Å²) in [4.78, 5) is 15.4. The maximum Gasteiger partial charge on any atom is 0.178 e. The van der Waals surface area contributed by atoms with Crippen LogP contribution >= 0.6 is 0 Å². The van der Waals surface area contributed by atoms with Gasteiger partial charge in [0.25, 0.3) is 0 Å². The number of nitrogens with zero attached hydrogens (tertiary/aromatic N) is 2. The summed E-state index contributed by atoms with van der Waals surface area (Å²) < 4.78 is 13.0. The number of piperidine rings is 1. The number of methoxy groups -OCH3 is 2. The highest BCUT2D eigenvalue weighted by Gasteiger charge is 2.23. The number of hydrogen-bond donors (Lipinski definition) is 1. The van der Waals surface area contributed by atoms with Gasteiger partial charge in [0, 0.05) is 48.7 Å². The topological polar surface area (TPSA) is 55.7 Å². The van der Waals surface area contributed by atoms with Crippen LogP contribution in [0.4, 0.5) is 0 Å². The number of aromatic nitrogens is 1. The van der Waals surface area contributed by atoms with Crippen molar-refractivity contribution in [1.29, 1.82) is 0 Å². The van der Waals surface area contributed by atoms with Crippen LogP contribution in [0.15, 0.2) is 24.3 Å². The Morgan fingerprint density at radius 2 is 1.78 bits per heavy atom. The molecule has 176 valence electrons. The Balaban J connectivity index is 1.60. The Morgan fingerprint density at radius 3 is 2.41 bits per heavy atom. The van der Waals surface area contributed by atoms with E-state index in [1.54, 1.807) is 14.2 Å². The average molecular weight is 442 g/mol. The van der Waals surface area contributed by atoms with Crippen molar-refractivity contribution in [2.75, 3.05) is 33.9 Å². The number of ketones is 1. The molecule has 1 aliphatic rings. The van der Waals surface area contributed by atoms with Crippen LogP contribution in [0.2, 0.25) is 0 Å². The predicted octanol–water partition coefficient (Wildman–Crippen LogP) is 4.01. The van der Waals surface area contributed by atoms with E-state index in [2.05, 4.69) is 54.6 Å². The molecule has 1 aromatic carbocycles. The number of hydrogen-bond acceptors (Lipinski definition) is 5. The van der Waals surface area contributed by atoms with Gasteiger partial charge in [0.05, 0.1) is 20.8 Å². The van der Waals surface area contributed by atoms with Gasteiger partial charge in [0.15, 0.2) is 17.3 Å². The fraction of sp³-hybridized carbons (Fsp3) is 0.577. The van der Waals surface area contributed by atoms with Crippen molar-refractivity contribution in [2.24, 2.45) is 0 Å². The van der Waals surface area contributed by atoms with Crippen molar-refractivity contribution in [3.8, 4) is 11.5 Å². The molecule has 0 amide bonds. The normalized spacial score (nSPS) is 15.3. The maximum absolute atomic E-state index is 13.1. The molecule has 2 heterocycles. The number of nitrogens with one attached hydrogen (secondary N) is 1. The molecule has 1 saturated heterocycles. The van der Waals surface area contributed by atoms with Gasteiger partial charge in [-0.1, -0.05) is 19.9 Å². The molecule has 0 spiro atoms. The van der Waals surface area contributed by atoms with Gasteiger partial charge in [-0.15, -0.1) is 0 Å². The summed E-state index contributed by atoms with van der Waals surface area (Å²) in [6.45, 7) is 11.8. The first-order valence-electron chi connectivity index (χ1n) is 11.7. The fourth-order valence-electron chi connectivity index (χ4n) is 4.72. The lowest BCUT2D eigenvalue weighted by molar-refractivity contribution is 0.0902. The van der Waals surface area contributed by atoms with Crippen LogP contribution in [-0.2, 0) is 13.0 Å². The van der Waals surface area contributed by atoms with Gasteiger partial charge in [-0.3, -0.25) is 9.69 Å². The third kappa shape index (κ3) is 5.93. The Morgan fingerprint density at radius 1 is 1.09 bits per heavy atom. The highest BCUT2D eigenvalue weighted by molar-refractivity contribution is 5.99. The highest BCUT2D eigenvalue weighted by atomic mass is 16.5. The van der Waals surface area contributed by atoms with Crippen molar-refractivity contribution >= 4 is 5.78 Å².